The molecule has 0 spiro atoms. The molecule has 0 saturated carbocycles. The van der Waals surface area contributed by atoms with Crippen molar-refractivity contribution in [2.24, 2.45) is 0 Å². The molecule has 2 aromatic rings. The third-order valence-electron chi connectivity index (χ3n) is 5.84. The molecule has 26 heavy (non-hydrogen) atoms. The van der Waals surface area contributed by atoms with E-state index in [1.807, 2.05) is 6.07 Å². The maximum Gasteiger partial charge on any atom is 0.164 e. The Labute approximate surface area is 156 Å². The van der Waals surface area contributed by atoms with Crippen LogP contribution in [0, 0.1) is 6.92 Å². The summed E-state index contributed by atoms with van der Waals surface area (Å²) in [5.41, 5.74) is 4.91. The van der Waals surface area contributed by atoms with Crippen LogP contribution in [0.5, 0.6) is 0 Å². The van der Waals surface area contributed by atoms with Crippen molar-refractivity contribution >= 4 is 11.5 Å². The molecular weight excluding hydrogens is 322 g/mol. The smallest absolute Gasteiger partial charge is 0.164 e. The first-order valence-electron chi connectivity index (χ1n) is 9.96. The molecule has 0 N–H and O–H groups in total. The standard InChI is InChI=1S/C22H29N3O/c1-18-6-8-19(9-7-18)24-16-14-23(15-17-24)11-3-12-25-13-10-20-21(25)4-2-5-22(20)26/h6-10,13H,2-5,11-12,14-17H2,1H3. The zero-order valence-electron chi connectivity index (χ0n) is 15.8. The van der Waals surface area contributed by atoms with Crippen molar-refractivity contribution in [2.75, 3.05) is 37.6 Å². The Morgan fingerprint density at radius 3 is 2.46 bits per heavy atom. The van der Waals surface area contributed by atoms with Crippen LogP contribution in [-0.2, 0) is 13.0 Å². The van der Waals surface area contributed by atoms with E-state index in [4.69, 9.17) is 0 Å². The van der Waals surface area contributed by atoms with E-state index in [2.05, 4.69) is 51.8 Å². The fraction of sp³-hybridized carbons (Fsp3) is 0.500. The monoisotopic (exact) mass is 351 g/mol. The van der Waals surface area contributed by atoms with E-state index in [1.165, 1.54) is 16.9 Å². The van der Waals surface area contributed by atoms with Crippen LogP contribution in [0.3, 0.4) is 0 Å². The first kappa shape index (κ1) is 17.3. The number of hydrogen-bond acceptors (Lipinski definition) is 3. The van der Waals surface area contributed by atoms with Crippen molar-refractivity contribution in [3.8, 4) is 0 Å². The van der Waals surface area contributed by atoms with Gasteiger partial charge in [0.15, 0.2) is 5.78 Å². The van der Waals surface area contributed by atoms with Crippen LogP contribution >= 0.6 is 0 Å². The summed E-state index contributed by atoms with van der Waals surface area (Å²) in [6, 6.07) is 10.9. The number of hydrogen-bond donors (Lipinski definition) is 0. The largest absolute Gasteiger partial charge is 0.369 e. The number of Topliss-reactive ketones (excluding diaryl/α,β-unsaturated/α-hetero) is 1. The minimum absolute atomic E-state index is 0.331. The van der Waals surface area contributed by atoms with E-state index in [-0.39, 0.29) is 0 Å². The van der Waals surface area contributed by atoms with Gasteiger partial charge in [-0.1, -0.05) is 17.7 Å². The third kappa shape index (κ3) is 3.70. The van der Waals surface area contributed by atoms with Crippen molar-refractivity contribution in [3.63, 3.8) is 0 Å². The van der Waals surface area contributed by atoms with Crippen molar-refractivity contribution in [3.05, 3.63) is 53.3 Å². The lowest BCUT2D eigenvalue weighted by atomic mass is 9.97. The Kier molecular flexibility index (Phi) is 5.11. The van der Waals surface area contributed by atoms with E-state index in [9.17, 15) is 4.79 Å². The van der Waals surface area contributed by atoms with Gasteiger partial charge in [-0.3, -0.25) is 9.69 Å². The lowest BCUT2D eigenvalue weighted by molar-refractivity contribution is 0.0971. The number of rotatable bonds is 5. The van der Waals surface area contributed by atoms with Gasteiger partial charge in [0, 0.05) is 62.3 Å². The van der Waals surface area contributed by atoms with Gasteiger partial charge in [-0.25, -0.2) is 0 Å². The highest BCUT2D eigenvalue weighted by atomic mass is 16.1. The number of aryl methyl sites for hydroxylation is 2. The molecule has 0 bridgehead atoms. The molecule has 4 heteroatoms. The highest BCUT2D eigenvalue weighted by Crippen LogP contribution is 2.23. The molecule has 1 aliphatic carbocycles. The van der Waals surface area contributed by atoms with Crippen molar-refractivity contribution in [1.29, 1.82) is 0 Å². The minimum atomic E-state index is 0.331. The molecule has 0 amide bonds. The molecular formula is C22H29N3O. The van der Waals surface area contributed by atoms with Crippen molar-refractivity contribution < 1.29 is 4.79 Å². The summed E-state index contributed by atoms with van der Waals surface area (Å²) >= 11 is 0. The number of piperazine rings is 1. The molecule has 4 rings (SSSR count). The molecule has 4 nitrogen and oxygen atoms in total. The number of carbonyl (C=O) groups is 1. The number of fused-ring (bicyclic) bond motifs is 1. The van der Waals surface area contributed by atoms with E-state index in [1.54, 1.807) is 0 Å². The van der Waals surface area contributed by atoms with E-state index in [0.717, 1.165) is 70.5 Å². The van der Waals surface area contributed by atoms with Crippen molar-refractivity contribution in [2.45, 2.75) is 39.2 Å². The zero-order valence-corrected chi connectivity index (χ0v) is 15.8. The molecule has 2 aliphatic rings. The molecule has 138 valence electrons. The van der Waals surface area contributed by atoms with Crippen LogP contribution in [0.25, 0.3) is 0 Å². The number of anilines is 1. The molecule has 0 atom stereocenters. The minimum Gasteiger partial charge on any atom is -0.369 e. The van der Waals surface area contributed by atoms with Crippen LogP contribution in [0.2, 0.25) is 0 Å². The van der Waals surface area contributed by atoms with Crippen LogP contribution in [0.4, 0.5) is 5.69 Å². The molecule has 1 fully saturated rings. The summed E-state index contributed by atoms with van der Waals surface area (Å²) in [5.74, 6) is 0.331. The van der Waals surface area contributed by atoms with Gasteiger partial charge in [0.05, 0.1) is 0 Å². The summed E-state index contributed by atoms with van der Waals surface area (Å²) in [6.45, 7) is 8.79. The van der Waals surface area contributed by atoms with E-state index in [0.29, 0.717) is 5.78 Å². The van der Waals surface area contributed by atoms with Gasteiger partial charge < -0.3 is 9.47 Å². The maximum atomic E-state index is 12.0. The average Bonchev–Trinajstić information content (AvgIpc) is 3.08. The molecule has 0 unspecified atom stereocenters. The van der Waals surface area contributed by atoms with Gasteiger partial charge in [-0.05, 0) is 50.9 Å². The summed E-state index contributed by atoms with van der Waals surface area (Å²) < 4.78 is 2.31. The van der Waals surface area contributed by atoms with Crippen LogP contribution in [-0.4, -0.2) is 48.0 Å². The Hall–Kier alpha value is -2.07. The Morgan fingerprint density at radius 1 is 0.923 bits per heavy atom. The van der Waals surface area contributed by atoms with Gasteiger partial charge in [0.1, 0.15) is 0 Å². The molecule has 1 saturated heterocycles. The summed E-state index contributed by atoms with van der Waals surface area (Å²) in [6.07, 6.45) is 6.06. The molecule has 1 aromatic heterocycles. The average molecular weight is 351 g/mol. The topological polar surface area (TPSA) is 28.5 Å². The van der Waals surface area contributed by atoms with Gasteiger partial charge in [0.25, 0.3) is 0 Å². The second kappa shape index (κ2) is 7.67. The fourth-order valence-corrected chi connectivity index (χ4v) is 4.25. The highest BCUT2D eigenvalue weighted by molar-refractivity contribution is 5.98. The second-order valence-corrected chi connectivity index (χ2v) is 7.66. The number of aromatic nitrogens is 1. The first-order chi connectivity index (χ1) is 12.7. The summed E-state index contributed by atoms with van der Waals surface area (Å²) in [5, 5.41) is 0. The lowest BCUT2D eigenvalue weighted by Gasteiger charge is -2.36. The predicted octanol–water partition coefficient (Wildman–Crippen LogP) is 3.53. The van der Waals surface area contributed by atoms with Gasteiger partial charge in [-0.2, -0.15) is 0 Å². The normalized spacial score (nSPS) is 18.2. The number of benzene rings is 1. The first-order valence-corrected chi connectivity index (χ1v) is 9.96. The van der Waals surface area contributed by atoms with E-state index < -0.39 is 0 Å². The summed E-state index contributed by atoms with van der Waals surface area (Å²) in [4.78, 5) is 17.0. The Balaban J connectivity index is 1.24. The van der Waals surface area contributed by atoms with Crippen LogP contribution in [0.1, 0.15) is 40.9 Å². The predicted molar refractivity (Wildman–Crippen MR) is 106 cm³/mol. The summed E-state index contributed by atoms with van der Waals surface area (Å²) in [7, 11) is 0. The van der Waals surface area contributed by atoms with Gasteiger partial charge >= 0.3 is 0 Å². The van der Waals surface area contributed by atoms with E-state index >= 15 is 0 Å². The lowest BCUT2D eigenvalue weighted by Crippen LogP contribution is -2.46. The SMILES string of the molecule is Cc1ccc(N2CCN(CCCn3ccc4c3CCCC4=O)CC2)cc1. The molecule has 1 aliphatic heterocycles. The van der Waals surface area contributed by atoms with Crippen molar-refractivity contribution in [1.82, 2.24) is 9.47 Å². The number of ketones is 1. The fourth-order valence-electron chi connectivity index (χ4n) is 4.25. The quantitative estimate of drug-likeness (QED) is 0.825. The Bertz CT molecular complexity index is 754. The van der Waals surface area contributed by atoms with Gasteiger partial charge in [-0.15, -0.1) is 0 Å². The molecule has 1 aromatic carbocycles. The number of nitrogens with zero attached hydrogens (tertiary/aromatic N) is 3. The maximum absolute atomic E-state index is 12.0. The van der Waals surface area contributed by atoms with Gasteiger partial charge in [0.2, 0.25) is 0 Å². The highest BCUT2D eigenvalue weighted by Gasteiger charge is 2.21. The number of carbonyl (C=O) groups excluding carboxylic acids is 1. The second-order valence-electron chi connectivity index (χ2n) is 7.66. The molecule has 0 radical (unpaired) electrons. The zero-order chi connectivity index (χ0) is 17.9. The molecule has 2 heterocycles. The van der Waals surface area contributed by atoms with Crippen LogP contribution in [0.15, 0.2) is 36.5 Å². The third-order valence-corrected chi connectivity index (χ3v) is 5.84. The Morgan fingerprint density at radius 2 is 1.69 bits per heavy atom. The van der Waals surface area contributed by atoms with Crippen LogP contribution < -0.4 is 4.90 Å².